The van der Waals surface area contributed by atoms with Crippen molar-refractivity contribution in [1.82, 2.24) is 14.6 Å². The number of sulfonamides is 1. The molecule has 2 heterocycles. The third-order valence-corrected chi connectivity index (χ3v) is 4.95. The lowest BCUT2D eigenvalue weighted by molar-refractivity contribution is 0.283. The van der Waals surface area contributed by atoms with Gasteiger partial charge in [0, 0.05) is 31.9 Å². The summed E-state index contributed by atoms with van der Waals surface area (Å²) in [6.07, 6.45) is 1.42. The van der Waals surface area contributed by atoms with Crippen LogP contribution in [0, 0.1) is 11.3 Å². The molecule has 1 aromatic heterocycles. The van der Waals surface area contributed by atoms with E-state index in [0.717, 1.165) is 0 Å². The average Bonchev–Trinajstić information content (AvgIpc) is 2.39. The van der Waals surface area contributed by atoms with Gasteiger partial charge in [-0.2, -0.15) is 9.57 Å². The molecular formula is C11H14N4O2S. The lowest BCUT2D eigenvalue weighted by atomic mass is 10.3. The lowest BCUT2D eigenvalue weighted by Crippen LogP contribution is -2.52. The summed E-state index contributed by atoms with van der Waals surface area (Å²) >= 11 is 0. The number of pyridine rings is 1. The number of piperazine rings is 1. The van der Waals surface area contributed by atoms with Crippen LogP contribution in [0.15, 0.2) is 23.2 Å². The molecule has 1 unspecified atom stereocenters. The van der Waals surface area contributed by atoms with Crippen molar-refractivity contribution >= 4 is 10.0 Å². The van der Waals surface area contributed by atoms with Crippen molar-refractivity contribution in [2.45, 2.75) is 17.9 Å². The number of rotatable bonds is 2. The monoisotopic (exact) mass is 266 g/mol. The zero-order chi connectivity index (χ0) is 13.2. The van der Waals surface area contributed by atoms with Gasteiger partial charge in [-0.25, -0.2) is 13.4 Å². The van der Waals surface area contributed by atoms with E-state index in [1.165, 1.54) is 22.6 Å². The molecule has 1 saturated heterocycles. The molecule has 1 N–H and O–H groups in total. The molecule has 1 aliphatic rings. The van der Waals surface area contributed by atoms with Crippen LogP contribution in [-0.4, -0.2) is 43.4 Å². The van der Waals surface area contributed by atoms with Crippen LogP contribution in [0.4, 0.5) is 0 Å². The summed E-state index contributed by atoms with van der Waals surface area (Å²) in [6.45, 7) is 3.47. The molecule has 0 aliphatic carbocycles. The van der Waals surface area contributed by atoms with Crippen molar-refractivity contribution in [2.75, 3.05) is 19.6 Å². The van der Waals surface area contributed by atoms with Gasteiger partial charge in [-0.3, -0.25) is 0 Å². The van der Waals surface area contributed by atoms with Crippen molar-refractivity contribution < 1.29 is 8.42 Å². The molecule has 1 fully saturated rings. The Bertz CT molecular complexity index is 579. The van der Waals surface area contributed by atoms with Gasteiger partial charge in [0.25, 0.3) is 0 Å². The molecule has 7 heteroatoms. The van der Waals surface area contributed by atoms with Gasteiger partial charge in [-0.15, -0.1) is 0 Å². The molecule has 96 valence electrons. The van der Waals surface area contributed by atoms with Crippen molar-refractivity contribution in [3.63, 3.8) is 0 Å². The quantitative estimate of drug-likeness (QED) is 0.810. The first kappa shape index (κ1) is 13.0. The van der Waals surface area contributed by atoms with Gasteiger partial charge in [-0.05, 0) is 19.1 Å². The van der Waals surface area contributed by atoms with Gasteiger partial charge in [-0.1, -0.05) is 0 Å². The minimum absolute atomic E-state index is 0.0127. The Hall–Kier alpha value is -1.49. The highest BCUT2D eigenvalue weighted by Crippen LogP contribution is 2.20. The molecule has 0 bridgehead atoms. The second kappa shape index (κ2) is 5.02. The average molecular weight is 266 g/mol. The molecule has 1 atom stereocenters. The molecule has 6 nitrogen and oxygen atoms in total. The minimum atomic E-state index is -3.65. The fraction of sp³-hybridized carbons (Fsp3) is 0.455. The van der Waals surface area contributed by atoms with Gasteiger partial charge >= 0.3 is 0 Å². The Morgan fingerprint density at radius 3 is 3.06 bits per heavy atom. The number of nitrogens with zero attached hydrogens (tertiary/aromatic N) is 3. The van der Waals surface area contributed by atoms with Gasteiger partial charge in [0.2, 0.25) is 10.0 Å². The van der Waals surface area contributed by atoms with Crippen LogP contribution >= 0.6 is 0 Å². The van der Waals surface area contributed by atoms with Crippen molar-refractivity contribution in [1.29, 1.82) is 5.26 Å². The van der Waals surface area contributed by atoms with Crippen molar-refractivity contribution in [2.24, 2.45) is 0 Å². The third-order valence-electron chi connectivity index (χ3n) is 2.90. The van der Waals surface area contributed by atoms with Crippen LogP contribution in [0.25, 0.3) is 0 Å². The van der Waals surface area contributed by atoms with Crippen molar-refractivity contribution in [3.8, 4) is 6.07 Å². The maximum Gasteiger partial charge on any atom is 0.246 e. The molecule has 0 aromatic carbocycles. The molecule has 0 saturated carbocycles. The lowest BCUT2D eigenvalue weighted by Gasteiger charge is -2.32. The molecule has 18 heavy (non-hydrogen) atoms. The smallest absolute Gasteiger partial charge is 0.246 e. The number of nitrogens with one attached hydrogen (secondary N) is 1. The van der Waals surface area contributed by atoms with E-state index >= 15 is 0 Å². The minimum Gasteiger partial charge on any atom is -0.314 e. The summed E-state index contributed by atoms with van der Waals surface area (Å²) in [7, 11) is -3.65. The third kappa shape index (κ3) is 2.22. The number of nitriles is 1. The van der Waals surface area contributed by atoms with Crippen LogP contribution in [-0.2, 0) is 10.0 Å². The van der Waals surface area contributed by atoms with E-state index in [-0.39, 0.29) is 16.6 Å². The SMILES string of the molecule is CC1CNCCN1S(=O)(=O)c1cccnc1C#N. The first-order valence-corrected chi connectivity index (χ1v) is 7.09. The Kier molecular flexibility index (Phi) is 3.61. The molecule has 0 amide bonds. The van der Waals surface area contributed by atoms with Crippen LogP contribution in [0.2, 0.25) is 0 Å². The molecule has 2 rings (SSSR count). The summed E-state index contributed by atoms with van der Waals surface area (Å²) in [5.41, 5.74) is -0.0526. The van der Waals surface area contributed by atoms with Crippen LogP contribution in [0.5, 0.6) is 0 Å². The van der Waals surface area contributed by atoms with E-state index in [1.807, 2.05) is 13.0 Å². The predicted octanol–water partition coefficient (Wildman–Crippen LogP) is -0.0643. The van der Waals surface area contributed by atoms with E-state index in [4.69, 9.17) is 5.26 Å². The summed E-state index contributed by atoms with van der Waals surface area (Å²) in [5, 5.41) is 12.1. The normalized spacial score (nSPS) is 21.4. The van der Waals surface area contributed by atoms with Crippen LogP contribution in [0.3, 0.4) is 0 Å². The van der Waals surface area contributed by atoms with Crippen molar-refractivity contribution in [3.05, 3.63) is 24.0 Å². The standard InChI is InChI=1S/C11H14N4O2S/c1-9-8-13-5-6-15(9)18(16,17)11-3-2-4-14-10(11)7-12/h2-4,9,13H,5-6,8H2,1H3. The summed E-state index contributed by atoms with van der Waals surface area (Å²) in [4.78, 5) is 3.79. The first-order valence-electron chi connectivity index (χ1n) is 5.65. The molecule has 1 aliphatic heterocycles. The van der Waals surface area contributed by atoms with E-state index in [9.17, 15) is 8.42 Å². The van der Waals surface area contributed by atoms with E-state index in [1.54, 1.807) is 0 Å². The maximum atomic E-state index is 12.5. The number of hydrogen-bond acceptors (Lipinski definition) is 5. The Morgan fingerprint density at radius 1 is 1.61 bits per heavy atom. The van der Waals surface area contributed by atoms with E-state index in [0.29, 0.717) is 19.6 Å². The number of aromatic nitrogens is 1. The zero-order valence-electron chi connectivity index (χ0n) is 10.00. The highest BCUT2D eigenvalue weighted by atomic mass is 32.2. The number of hydrogen-bond donors (Lipinski definition) is 1. The van der Waals surface area contributed by atoms with Gasteiger partial charge in [0.15, 0.2) is 5.69 Å². The molecule has 1 aromatic rings. The molecular weight excluding hydrogens is 252 g/mol. The van der Waals surface area contributed by atoms with Gasteiger partial charge in [0.1, 0.15) is 11.0 Å². The Morgan fingerprint density at radius 2 is 2.39 bits per heavy atom. The summed E-state index contributed by atoms with van der Waals surface area (Å²) < 4.78 is 26.4. The van der Waals surface area contributed by atoms with E-state index in [2.05, 4.69) is 10.3 Å². The Balaban J connectivity index is 2.45. The second-order valence-corrected chi connectivity index (χ2v) is 5.99. The highest BCUT2D eigenvalue weighted by Gasteiger charge is 2.32. The molecule has 0 spiro atoms. The first-order chi connectivity index (χ1) is 8.57. The fourth-order valence-electron chi connectivity index (χ4n) is 1.99. The summed E-state index contributed by atoms with van der Waals surface area (Å²) in [5.74, 6) is 0. The predicted molar refractivity (Wildman–Crippen MR) is 65.2 cm³/mol. The summed E-state index contributed by atoms with van der Waals surface area (Å²) in [6, 6.07) is 4.65. The topological polar surface area (TPSA) is 86.1 Å². The Labute approximate surface area is 106 Å². The highest BCUT2D eigenvalue weighted by molar-refractivity contribution is 7.89. The largest absolute Gasteiger partial charge is 0.314 e. The van der Waals surface area contributed by atoms with Crippen LogP contribution in [0.1, 0.15) is 12.6 Å². The van der Waals surface area contributed by atoms with Gasteiger partial charge < -0.3 is 5.32 Å². The van der Waals surface area contributed by atoms with E-state index < -0.39 is 10.0 Å². The fourth-order valence-corrected chi connectivity index (χ4v) is 3.71. The van der Waals surface area contributed by atoms with Gasteiger partial charge in [0.05, 0.1) is 0 Å². The maximum absolute atomic E-state index is 12.5. The van der Waals surface area contributed by atoms with Crippen LogP contribution < -0.4 is 5.32 Å². The zero-order valence-corrected chi connectivity index (χ0v) is 10.8. The second-order valence-electron chi connectivity index (χ2n) is 4.13. The molecule has 0 radical (unpaired) electrons.